The predicted octanol–water partition coefficient (Wildman–Crippen LogP) is 2.55. The molecule has 0 aromatic heterocycles. The van der Waals surface area contributed by atoms with Crippen molar-refractivity contribution in [2.75, 3.05) is 6.54 Å². The largest absolute Gasteiger partial charge is 0.480 e. The zero-order chi connectivity index (χ0) is 12.1. The van der Waals surface area contributed by atoms with Crippen LogP contribution in [0.15, 0.2) is 24.3 Å². The lowest BCUT2D eigenvalue weighted by Gasteiger charge is -2.14. The van der Waals surface area contributed by atoms with E-state index in [1.807, 2.05) is 31.2 Å². The van der Waals surface area contributed by atoms with Crippen LogP contribution < -0.4 is 5.32 Å². The first-order valence-corrected chi connectivity index (χ1v) is 5.62. The van der Waals surface area contributed by atoms with Gasteiger partial charge in [-0.05, 0) is 23.6 Å². The molecule has 1 aromatic carbocycles. The molecule has 3 heteroatoms. The summed E-state index contributed by atoms with van der Waals surface area (Å²) in [5, 5.41) is 12.0. The fourth-order valence-corrected chi connectivity index (χ4v) is 1.63. The number of aliphatic carboxylic acids is 1. The third kappa shape index (κ3) is 3.07. The fraction of sp³-hybridized carbons (Fsp3) is 0.462. The maximum Gasteiger partial charge on any atom is 0.325 e. The molecule has 0 amide bonds. The summed E-state index contributed by atoms with van der Waals surface area (Å²) in [7, 11) is 0. The zero-order valence-corrected chi connectivity index (χ0v) is 10.0. The summed E-state index contributed by atoms with van der Waals surface area (Å²) >= 11 is 0. The van der Waals surface area contributed by atoms with Crippen LogP contribution in [0.3, 0.4) is 0 Å². The molecule has 0 heterocycles. The minimum absolute atomic E-state index is 0.469. The number of benzene rings is 1. The maximum absolute atomic E-state index is 11.0. The van der Waals surface area contributed by atoms with Gasteiger partial charge in [-0.3, -0.25) is 4.79 Å². The van der Waals surface area contributed by atoms with E-state index in [1.54, 1.807) is 0 Å². The Balaban J connectivity index is 2.89. The van der Waals surface area contributed by atoms with Gasteiger partial charge < -0.3 is 10.4 Å². The topological polar surface area (TPSA) is 49.3 Å². The van der Waals surface area contributed by atoms with Gasteiger partial charge in [-0.15, -0.1) is 0 Å². The molecular formula is C13H19NO2. The van der Waals surface area contributed by atoms with Crippen molar-refractivity contribution < 1.29 is 9.90 Å². The lowest BCUT2D eigenvalue weighted by Crippen LogP contribution is -2.28. The van der Waals surface area contributed by atoms with Gasteiger partial charge in [0.2, 0.25) is 0 Å². The van der Waals surface area contributed by atoms with Gasteiger partial charge in [-0.25, -0.2) is 0 Å². The molecule has 1 unspecified atom stereocenters. The SMILES string of the molecule is CCNC(C(=O)O)c1ccc(C(C)C)cc1. The van der Waals surface area contributed by atoms with Crippen LogP contribution in [0.5, 0.6) is 0 Å². The van der Waals surface area contributed by atoms with Crippen LogP contribution in [-0.2, 0) is 4.79 Å². The third-order valence-electron chi connectivity index (χ3n) is 2.59. The molecule has 0 radical (unpaired) electrons. The molecule has 1 rings (SSSR count). The van der Waals surface area contributed by atoms with Crippen LogP contribution in [0.25, 0.3) is 0 Å². The molecule has 0 bridgehead atoms. The van der Waals surface area contributed by atoms with Crippen molar-refractivity contribution in [1.29, 1.82) is 0 Å². The number of carboxylic acid groups (broad SMARTS) is 1. The number of likely N-dealkylation sites (N-methyl/N-ethyl adjacent to an activating group) is 1. The number of hydrogen-bond donors (Lipinski definition) is 2. The highest BCUT2D eigenvalue weighted by Crippen LogP contribution is 2.18. The van der Waals surface area contributed by atoms with Gasteiger partial charge in [0.25, 0.3) is 0 Å². The minimum atomic E-state index is -0.834. The van der Waals surface area contributed by atoms with E-state index in [4.69, 9.17) is 5.11 Å². The normalized spacial score (nSPS) is 12.8. The van der Waals surface area contributed by atoms with E-state index in [9.17, 15) is 4.79 Å². The van der Waals surface area contributed by atoms with Crippen molar-refractivity contribution in [1.82, 2.24) is 5.32 Å². The molecule has 2 N–H and O–H groups in total. The molecule has 1 atom stereocenters. The summed E-state index contributed by atoms with van der Waals surface area (Å²) in [5.41, 5.74) is 2.03. The Hall–Kier alpha value is -1.35. The van der Waals surface area contributed by atoms with Gasteiger partial charge in [0, 0.05) is 0 Å². The summed E-state index contributed by atoms with van der Waals surface area (Å²) in [6, 6.07) is 7.15. The van der Waals surface area contributed by atoms with E-state index in [0.717, 1.165) is 5.56 Å². The molecule has 88 valence electrons. The van der Waals surface area contributed by atoms with Crippen LogP contribution in [-0.4, -0.2) is 17.6 Å². The van der Waals surface area contributed by atoms with Crippen molar-refractivity contribution in [3.05, 3.63) is 35.4 Å². The van der Waals surface area contributed by atoms with Crippen LogP contribution in [0.4, 0.5) is 0 Å². The monoisotopic (exact) mass is 221 g/mol. The van der Waals surface area contributed by atoms with Gasteiger partial charge >= 0.3 is 5.97 Å². The maximum atomic E-state index is 11.0. The lowest BCUT2D eigenvalue weighted by atomic mass is 9.99. The van der Waals surface area contributed by atoms with Crippen molar-refractivity contribution >= 4 is 5.97 Å². The highest BCUT2D eigenvalue weighted by Gasteiger charge is 2.17. The second-order valence-corrected chi connectivity index (χ2v) is 4.15. The van der Waals surface area contributed by atoms with E-state index in [1.165, 1.54) is 5.56 Å². The van der Waals surface area contributed by atoms with Gasteiger partial charge in [-0.2, -0.15) is 0 Å². The Labute approximate surface area is 96.5 Å². The highest BCUT2D eigenvalue weighted by atomic mass is 16.4. The van der Waals surface area contributed by atoms with E-state index in [-0.39, 0.29) is 0 Å². The number of carboxylic acids is 1. The molecule has 0 aliphatic heterocycles. The number of hydrogen-bond acceptors (Lipinski definition) is 2. The average molecular weight is 221 g/mol. The van der Waals surface area contributed by atoms with Gasteiger partial charge in [0.05, 0.1) is 0 Å². The van der Waals surface area contributed by atoms with Gasteiger partial charge in [-0.1, -0.05) is 45.0 Å². The van der Waals surface area contributed by atoms with Crippen molar-refractivity contribution in [2.45, 2.75) is 32.7 Å². The number of carbonyl (C=O) groups is 1. The lowest BCUT2D eigenvalue weighted by molar-refractivity contribution is -0.139. The van der Waals surface area contributed by atoms with E-state index in [2.05, 4.69) is 19.2 Å². The Bertz CT molecular complexity index is 343. The first-order chi connectivity index (χ1) is 7.56. The van der Waals surface area contributed by atoms with Gasteiger partial charge in [0.1, 0.15) is 6.04 Å². The van der Waals surface area contributed by atoms with Crippen molar-refractivity contribution in [2.24, 2.45) is 0 Å². The minimum Gasteiger partial charge on any atom is -0.480 e. The Morgan fingerprint density at radius 3 is 2.12 bits per heavy atom. The quantitative estimate of drug-likeness (QED) is 0.803. The fourth-order valence-electron chi connectivity index (χ4n) is 1.63. The molecule has 0 aliphatic carbocycles. The zero-order valence-electron chi connectivity index (χ0n) is 10.0. The van der Waals surface area contributed by atoms with Crippen LogP contribution in [0.1, 0.15) is 43.9 Å². The smallest absolute Gasteiger partial charge is 0.325 e. The van der Waals surface area contributed by atoms with E-state index in [0.29, 0.717) is 12.5 Å². The summed E-state index contributed by atoms with van der Waals surface area (Å²) in [6.07, 6.45) is 0. The number of rotatable bonds is 5. The standard InChI is InChI=1S/C13H19NO2/c1-4-14-12(13(15)16)11-7-5-10(6-8-11)9(2)3/h5-9,12,14H,4H2,1-3H3,(H,15,16). The highest BCUT2D eigenvalue weighted by molar-refractivity contribution is 5.75. The summed E-state index contributed by atoms with van der Waals surface area (Å²) < 4.78 is 0. The second-order valence-electron chi connectivity index (χ2n) is 4.15. The Morgan fingerprint density at radius 1 is 1.25 bits per heavy atom. The van der Waals surface area contributed by atoms with Gasteiger partial charge in [0.15, 0.2) is 0 Å². The second kappa shape index (κ2) is 5.66. The van der Waals surface area contributed by atoms with E-state index >= 15 is 0 Å². The summed E-state index contributed by atoms with van der Waals surface area (Å²) in [6.45, 7) is 6.78. The van der Waals surface area contributed by atoms with Crippen molar-refractivity contribution in [3.8, 4) is 0 Å². The molecule has 0 aliphatic rings. The van der Waals surface area contributed by atoms with Crippen molar-refractivity contribution in [3.63, 3.8) is 0 Å². The average Bonchev–Trinajstić information content (AvgIpc) is 2.25. The summed E-state index contributed by atoms with van der Waals surface area (Å²) in [4.78, 5) is 11.0. The molecule has 0 fully saturated rings. The number of nitrogens with one attached hydrogen (secondary N) is 1. The first kappa shape index (κ1) is 12.7. The Morgan fingerprint density at radius 2 is 1.75 bits per heavy atom. The molecule has 0 spiro atoms. The molecule has 3 nitrogen and oxygen atoms in total. The predicted molar refractivity (Wildman–Crippen MR) is 64.6 cm³/mol. The molecule has 1 aromatic rings. The van der Waals surface area contributed by atoms with Crippen LogP contribution in [0.2, 0.25) is 0 Å². The Kier molecular flexibility index (Phi) is 4.50. The van der Waals surface area contributed by atoms with Crippen LogP contribution in [0, 0.1) is 0 Å². The molecule has 0 saturated heterocycles. The third-order valence-corrected chi connectivity index (χ3v) is 2.59. The molecule has 0 saturated carbocycles. The molecule has 16 heavy (non-hydrogen) atoms. The first-order valence-electron chi connectivity index (χ1n) is 5.62. The van der Waals surface area contributed by atoms with Crippen LogP contribution >= 0.6 is 0 Å². The van der Waals surface area contributed by atoms with E-state index < -0.39 is 12.0 Å². The summed E-state index contributed by atoms with van der Waals surface area (Å²) in [5.74, 6) is -0.365. The molecular weight excluding hydrogens is 202 g/mol.